The fraction of sp³-hybridized carbons (Fsp3) is 0.154. The number of aliphatic imine (C=N–C) groups is 1. The van der Waals surface area contributed by atoms with Crippen LogP contribution in [0.3, 0.4) is 0 Å². The second-order valence-electron chi connectivity index (χ2n) is 7.86. The van der Waals surface area contributed by atoms with Gasteiger partial charge in [0, 0.05) is 19.8 Å². The average molecular weight is 413 g/mol. The molecule has 0 bridgehead atoms. The maximum absolute atomic E-state index is 14.7. The lowest BCUT2D eigenvalue weighted by Gasteiger charge is -2.21. The van der Waals surface area contributed by atoms with Crippen LogP contribution in [-0.2, 0) is 4.79 Å². The second kappa shape index (κ2) is 8.19. The fourth-order valence-corrected chi connectivity index (χ4v) is 3.65. The Morgan fingerprint density at radius 1 is 0.968 bits per heavy atom. The van der Waals surface area contributed by atoms with Gasteiger partial charge in [-0.3, -0.25) is 9.69 Å². The minimum absolute atomic E-state index is 0.274. The highest BCUT2D eigenvalue weighted by molar-refractivity contribution is 6.33. The first kappa shape index (κ1) is 20.5. The van der Waals surface area contributed by atoms with Crippen molar-refractivity contribution in [2.45, 2.75) is 13.8 Å². The van der Waals surface area contributed by atoms with Crippen LogP contribution >= 0.6 is 0 Å². The standard InChI is InChI=1S/C26H24FN3O/c1-17-9-14-24(18(2)15-17)30-25(21-7-5-6-8-22(21)27)28-23(26(30)31)16-19-10-12-20(13-11-19)29(3)4/h5-16H,1-4H3/b23-16-. The number of rotatable bonds is 4. The Hall–Kier alpha value is -3.73. The molecule has 0 aromatic heterocycles. The molecule has 0 aliphatic carbocycles. The highest BCUT2D eigenvalue weighted by Crippen LogP contribution is 2.31. The van der Waals surface area contributed by atoms with Crippen molar-refractivity contribution >= 4 is 29.2 Å². The zero-order valence-corrected chi connectivity index (χ0v) is 18.1. The van der Waals surface area contributed by atoms with Gasteiger partial charge in [0.1, 0.15) is 11.5 Å². The quantitative estimate of drug-likeness (QED) is 0.541. The highest BCUT2D eigenvalue weighted by atomic mass is 19.1. The molecule has 4 nitrogen and oxygen atoms in total. The van der Waals surface area contributed by atoms with E-state index in [1.54, 1.807) is 24.3 Å². The molecule has 0 atom stereocenters. The zero-order valence-electron chi connectivity index (χ0n) is 18.1. The van der Waals surface area contributed by atoms with E-state index in [0.29, 0.717) is 17.1 Å². The van der Waals surface area contributed by atoms with Crippen LogP contribution in [0.2, 0.25) is 0 Å². The van der Waals surface area contributed by atoms with E-state index >= 15 is 0 Å². The van der Waals surface area contributed by atoms with Gasteiger partial charge in [0.05, 0.1) is 11.3 Å². The van der Waals surface area contributed by atoms with Crippen LogP contribution in [0.4, 0.5) is 15.8 Å². The van der Waals surface area contributed by atoms with Crippen LogP contribution in [0.1, 0.15) is 22.3 Å². The summed E-state index contributed by atoms with van der Waals surface area (Å²) in [5, 5.41) is 0. The Labute approximate surface area is 182 Å². The molecule has 1 aliphatic heterocycles. The van der Waals surface area contributed by atoms with Gasteiger partial charge in [0.15, 0.2) is 5.84 Å². The number of hydrogen-bond acceptors (Lipinski definition) is 3. The molecule has 1 heterocycles. The van der Waals surface area contributed by atoms with Crippen molar-refractivity contribution in [2.24, 2.45) is 4.99 Å². The van der Waals surface area contributed by atoms with E-state index in [1.807, 2.05) is 75.3 Å². The lowest BCUT2D eigenvalue weighted by atomic mass is 10.1. The van der Waals surface area contributed by atoms with Gasteiger partial charge >= 0.3 is 0 Å². The Balaban J connectivity index is 1.83. The van der Waals surface area contributed by atoms with Gasteiger partial charge in [0.25, 0.3) is 5.91 Å². The van der Waals surface area contributed by atoms with Gasteiger partial charge in [-0.05, 0) is 61.4 Å². The first-order valence-electron chi connectivity index (χ1n) is 10.1. The number of anilines is 2. The molecular weight excluding hydrogens is 389 g/mol. The molecule has 0 saturated carbocycles. The Kier molecular flexibility index (Phi) is 5.42. The summed E-state index contributed by atoms with van der Waals surface area (Å²) in [5.41, 5.74) is 5.20. The number of hydrogen-bond donors (Lipinski definition) is 0. The molecule has 0 N–H and O–H groups in total. The number of amidine groups is 1. The van der Waals surface area contributed by atoms with Crippen molar-refractivity contribution in [3.05, 3.63) is 100 Å². The van der Waals surface area contributed by atoms with Crippen molar-refractivity contribution < 1.29 is 9.18 Å². The predicted octanol–water partition coefficient (Wildman–Crippen LogP) is 5.34. The normalized spacial score (nSPS) is 14.9. The second-order valence-corrected chi connectivity index (χ2v) is 7.86. The first-order valence-corrected chi connectivity index (χ1v) is 10.1. The summed E-state index contributed by atoms with van der Waals surface area (Å²) in [5.74, 6) is -0.395. The molecule has 0 saturated heterocycles. The van der Waals surface area contributed by atoms with E-state index in [2.05, 4.69) is 4.99 Å². The van der Waals surface area contributed by atoms with E-state index in [9.17, 15) is 9.18 Å². The molecule has 4 rings (SSSR count). The third kappa shape index (κ3) is 3.99. The largest absolute Gasteiger partial charge is 0.378 e. The summed E-state index contributed by atoms with van der Waals surface area (Å²) in [6.07, 6.45) is 1.74. The summed E-state index contributed by atoms with van der Waals surface area (Å²) < 4.78 is 14.7. The van der Waals surface area contributed by atoms with Crippen LogP contribution in [0, 0.1) is 19.7 Å². The number of carbonyl (C=O) groups is 1. The van der Waals surface area contributed by atoms with Crippen LogP contribution in [0.15, 0.2) is 77.4 Å². The van der Waals surface area contributed by atoms with Crippen LogP contribution in [0.25, 0.3) is 6.08 Å². The van der Waals surface area contributed by atoms with Crippen molar-refractivity contribution in [1.82, 2.24) is 0 Å². The van der Waals surface area contributed by atoms with E-state index in [4.69, 9.17) is 0 Å². The summed E-state index contributed by atoms with van der Waals surface area (Å²) in [6, 6.07) is 20.1. The van der Waals surface area contributed by atoms with Gasteiger partial charge in [-0.15, -0.1) is 0 Å². The highest BCUT2D eigenvalue weighted by Gasteiger charge is 2.34. The summed E-state index contributed by atoms with van der Waals surface area (Å²) in [7, 11) is 3.95. The van der Waals surface area contributed by atoms with Gasteiger partial charge in [-0.2, -0.15) is 0 Å². The minimum atomic E-state index is -0.416. The molecule has 1 amide bonds. The van der Waals surface area contributed by atoms with E-state index in [-0.39, 0.29) is 11.6 Å². The zero-order chi connectivity index (χ0) is 22.1. The van der Waals surface area contributed by atoms with E-state index in [1.165, 1.54) is 11.0 Å². The lowest BCUT2D eigenvalue weighted by Crippen LogP contribution is -2.33. The summed E-state index contributed by atoms with van der Waals surface area (Å²) >= 11 is 0. The van der Waals surface area contributed by atoms with Gasteiger partial charge in [-0.25, -0.2) is 9.38 Å². The molecule has 31 heavy (non-hydrogen) atoms. The van der Waals surface area contributed by atoms with Crippen LogP contribution in [-0.4, -0.2) is 25.8 Å². The average Bonchev–Trinajstić information content (AvgIpc) is 3.05. The number of aryl methyl sites for hydroxylation is 2. The summed E-state index contributed by atoms with van der Waals surface area (Å²) in [4.78, 5) is 21.5. The molecule has 5 heteroatoms. The number of halogens is 1. The number of benzene rings is 3. The molecular formula is C26H24FN3O. The molecule has 0 radical (unpaired) electrons. The molecule has 1 aliphatic rings. The molecule has 0 fully saturated rings. The Bertz CT molecular complexity index is 1210. The topological polar surface area (TPSA) is 35.9 Å². The molecule has 0 spiro atoms. The number of carbonyl (C=O) groups excluding carboxylic acids is 1. The van der Waals surface area contributed by atoms with Crippen molar-refractivity contribution in [2.75, 3.05) is 23.9 Å². The minimum Gasteiger partial charge on any atom is -0.378 e. The molecule has 0 unspecified atom stereocenters. The lowest BCUT2D eigenvalue weighted by molar-refractivity contribution is -0.113. The van der Waals surface area contributed by atoms with Gasteiger partial charge < -0.3 is 4.90 Å². The smallest absolute Gasteiger partial charge is 0.282 e. The molecule has 3 aromatic rings. The molecule has 156 valence electrons. The maximum atomic E-state index is 14.7. The number of nitrogens with zero attached hydrogens (tertiary/aromatic N) is 3. The monoisotopic (exact) mass is 413 g/mol. The number of amides is 1. The van der Waals surface area contributed by atoms with Crippen molar-refractivity contribution in [3.8, 4) is 0 Å². The fourth-order valence-electron chi connectivity index (χ4n) is 3.65. The first-order chi connectivity index (χ1) is 14.8. The predicted molar refractivity (Wildman–Crippen MR) is 125 cm³/mol. The van der Waals surface area contributed by atoms with Crippen LogP contribution in [0.5, 0.6) is 0 Å². The van der Waals surface area contributed by atoms with Gasteiger partial charge in [0.2, 0.25) is 0 Å². The Morgan fingerprint density at radius 2 is 1.68 bits per heavy atom. The third-order valence-corrected chi connectivity index (χ3v) is 5.28. The van der Waals surface area contributed by atoms with Crippen LogP contribution < -0.4 is 9.80 Å². The van der Waals surface area contributed by atoms with Crippen molar-refractivity contribution in [3.63, 3.8) is 0 Å². The van der Waals surface area contributed by atoms with Gasteiger partial charge in [-0.1, -0.05) is 42.0 Å². The Morgan fingerprint density at radius 3 is 2.32 bits per heavy atom. The van der Waals surface area contributed by atoms with E-state index < -0.39 is 5.82 Å². The maximum Gasteiger partial charge on any atom is 0.282 e. The SMILES string of the molecule is Cc1ccc(N2C(=O)/C(=C/c3ccc(N(C)C)cc3)N=C2c2ccccc2F)c(C)c1. The molecule has 3 aromatic carbocycles. The van der Waals surface area contributed by atoms with E-state index in [0.717, 1.165) is 22.4 Å². The van der Waals surface area contributed by atoms with Crippen molar-refractivity contribution in [1.29, 1.82) is 0 Å². The summed E-state index contributed by atoms with van der Waals surface area (Å²) in [6.45, 7) is 3.94. The third-order valence-electron chi connectivity index (χ3n) is 5.28.